The number of benzene rings is 1. The van der Waals surface area contributed by atoms with Crippen LogP contribution >= 0.6 is 11.8 Å². The van der Waals surface area contributed by atoms with Crippen LogP contribution in [0.15, 0.2) is 40.3 Å². The quantitative estimate of drug-likeness (QED) is 0.301. The van der Waals surface area contributed by atoms with Crippen molar-refractivity contribution in [2.75, 3.05) is 5.75 Å². The number of aryl methyl sites for hydroxylation is 1. The van der Waals surface area contributed by atoms with E-state index >= 15 is 0 Å². The van der Waals surface area contributed by atoms with Crippen molar-refractivity contribution in [2.24, 2.45) is 0 Å². The summed E-state index contributed by atoms with van der Waals surface area (Å²) < 4.78 is 4.03. The fourth-order valence-electron chi connectivity index (χ4n) is 3.93. The second-order valence-corrected chi connectivity index (χ2v) is 8.76. The van der Waals surface area contributed by atoms with Gasteiger partial charge >= 0.3 is 0 Å². The summed E-state index contributed by atoms with van der Waals surface area (Å²) in [6.45, 7) is 6.84. The molecule has 1 fully saturated rings. The molecule has 1 aliphatic rings. The molecule has 0 spiro atoms. The average molecular weight is 410 g/mol. The van der Waals surface area contributed by atoms with Crippen molar-refractivity contribution in [1.82, 2.24) is 14.1 Å². The summed E-state index contributed by atoms with van der Waals surface area (Å²) >= 11 is 1.37. The van der Waals surface area contributed by atoms with Crippen LogP contribution in [0.2, 0.25) is 0 Å². The van der Waals surface area contributed by atoms with Crippen LogP contribution < -0.4 is 5.56 Å². The van der Waals surface area contributed by atoms with Gasteiger partial charge in [0.2, 0.25) is 0 Å². The Labute approximate surface area is 175 Å². The van der Waals surface area contributed by atoms with Gasteiger partial charge in [-0.15, -0.1) is 0 Å². The number of hydrogen-bond acceptors (Lipinski definition) is 4. The molecule has 6 heteroatoms. The number of rotatable bonds is 8. The van der Waals surface area contributed by atoms with Crippen LogP contribution in [0.1, 0.15) is 60.4 Å². The van der Waals surface area contributed by atoms with Crippen LogP contribution in [0.5, 0.6) is 0 Å². The summed E-state index contributed by atoms with van der Waals surface area (Å²) in [6, 6.07) is 9.99. The van der Waals surface area contributed by atoms with E-state index in [2.05, 4.69) is 18.4 Å². The molecule has 3 aromatic rings. The molecule has 0 saturated heterocycles. The number of thioether (sulfide) groups is 1. The van der Waals surface area contributed by atoms with Crippen molar-refractivity contribution < 1.29 is 4.79 Å². The molecule has 0 bridgehead atoms. The summed E-state index contributed by atoms with van der Waals surface area (Å²) in [7, 11) is 0. The number of Topliss-reactive ketones (excluding diaryl/α,β-unsaturated/α-hetero) is 1. The van der Waals surface area contributed by atoms with Crippen LogP contribution in [0.25, 0.3) is 10.9 Å². The van der Waals surface area contributed by atoms with Crippen LogP contribution in [-0.4, -0.2) is 25.7 Å². The average Bonchev–Trinajstić information content (AvgIpc) is 3.50. The zero-order valence-corrected chi connectivity index (χ0v) is 18.1. The van der Waals surface area contributed by atoms with Gasteiger partial charge in [0, 0.05) is 29.5 Å². The predicted octanol–water partition coefficient (Wildman–Crippen LogP) is 4.92. The number of carbonyl (C=O) groups is 1. The minimum Gasteiger partial charge on any atom is -0.345 e. The molecule has 5 nitrogen and oxygen atoms in total. The SMILES string of the molecule is CCCCn1c(SCC(=O)c2cc(C)n(C3CC3)c2C)nc2ccccc2c1=O. The number of carbonyl (C=O) groups excluding carboxylic acids is 1. The molecule has 2 heterocycles. The standard InChI is InChI=1S/C23H27N3O2S/c1-4-5-12-25-22(28)18-8-6-7-9-20(18)24-23(25)29-14-21(27)19-13-15(2)26(16(19)3)17-10-11-17/h6-9,13,17H,4-5,10-12,14H2,1-3H3. The summed E-state index contributed by atoms with van der Waals surface area (Å²) in [6.07, 6.45) is 4.30. The van der Waals surface area contributed by atoms with E-state index in [4.69, 9.17) is 4.98 Å². The lowest BCUT2D eigenvalue weighted by Crippen LogP contribution is -2.24. The van der Waals surface area contributed by atoms with Crippen molar-refractivity contribution in [3.63, 3.8) is 0 Å². The van der Waals surface area contributed by atoms with Gasteiger partial charge in [0.05, 0.1) is 16.7 Å². The Kier molecular flexibility index (Phi) is 5.63. The maximum absolute atomic E-state index is 13.0. The molecule has 1 saturated carbocycles. The van der Waals surface area contributed by atoms with Gasteiger partial charge in [-0.3, -0.25) is 14.2 Å². The van der Waals surface area contributed by atoms with Gasteiger partial charge in [-0.2, -0.15) is 0 Å². The summed E-state index contributed by atoms with van der Waals surface area (Å²) in [5.74, 6) is 0.380. The number of aromatic nitrogens is 3. The van der Waals surface area contributed by atoms with E-state index in [1.165, 1.54) is 24.6 Å². The highest BCUT2D eigenvalue weighted by atomic mass is 32.2. The van der Waals surface area contributed by atoms with Crippen LogP contribution in [0.4, 0.5) is 0 Å². The Hall–Kier alpha value is -2.34. The van der Waals surface area contributed by atoms with Crippen LogP contribution in [0.3, 0.4) is 0 Å². The van der Waals surface area contributed by atoms with Crippen LogP contribution in [-0.2, 0) is 6.54 Å². The largest absolute Gasteiger partial charge is 0.345 e. The fraction of sp³-hybridized carbons (Fsp3) is 0.435. The van der Waals surface area contributed by atoms with E-state index in [0.29, 0.717) is 28.6 Å². The third kappa shape index (κ3) is 3.90. The van der Waals surface area contributed by atoms with Crippen molar-refractivity contribution >= 4 is 28.4 Å². The Balaban J connectivity index is 1.61. The summed E-state index contributed by atoms with van der Waals surface area (Å²) in [5.41, 5.74) is 3.68. The zero-order valence-electron chi connectivity index (χ0n) is 17.3. The van der Waals surface area contributed by atoms with Gasteiger partial charge in [0.25, 0.3) is 5.56 Å². The smallest absolute Gasteiger partial charge is 0.262 e. The monoisotopic (exact) mass is 409 g/mol. The second kappa shape index (κ2) is 8.19. The third-order valence-corrected chi connectivity index (χ3v) is 6.57. The number of nitrogens with zero attached hydrogens (tertiary/aromatic N) is 3. The maximum Gasteiger partial charge on any atom is 0.262 e. The number of hydrogen-bond donors (Lipinski definition) is 0. The first-order valence-electron chi connectivity index (χ1n) is 10.3. The maximum atomic E-state index is 13.0. The predicted molar refractivity (Wildman–Crippen MR) is 118 cm³/mol. The Morgan fingerprint density at radius 2 is 2.00 bits per heavy atom. The molecular formula is C23H27N3O2S. The number of para-hydroxylation sites is 1. The Morgan fingerprint density at radius 1 is 1.24 bits per heavy atom. The van der Waals surface area contributed by atoms with Crippen molar-refractivity contribution in [1.29, 1.82) is 0 Å². The number of unbranched alkanes of at least 4 members (excludes halogenated alkanes) is 1. The van der Waals surface area contributed by atoms with E-state index in [0.717, 1.165) is 29.8 Å². The highest BCUT2D eigenvalue weighted by Gasteiger charge is 2.28. The summed E-state index contributed by atoms with van der Waals surface area (Å²) in [4.78, 5) is 30.7. The topological polar surface area (TPSA) is 56.9 Å². The molecule has 1 aromatic carbocycles. The van der Waals surface area contributed by atoms with E-state index in [1.807, 2.05) is 37.3 Å². The third-order valence-electron chi connectivity index (χ3n) is 5.59. The molecule has 0 unspecified atom stereocenters. The second-order valence-electron chi connectivity index (χ2n) is 7.82. The first-order valence-corrected chi connectivity index (χ1v) is 11.3. The van der Waals surface area contributed by atoms with E-state index in [-0.39, 0.29) is 17.1 Å². The van der Waals surface area contributed by atoms with Crippen molar-refractivity contribution in [2.45, 2.75) is 64.2 Å². The molecule has 2 aromatic heterocycles. The normalized spacial score (nSPS) is 13.9. The lowest BCUT2D eigenvalue weighted by atomic mass is 10.2. The van der Waals surface area contributed by atoms with Crippen LogP contribution in [0, 0.1) is 13.8 Å². The lowest BCUT2D eigenvalue weighted by molar-refractivity contribution is 0.102. The molecule has 1 aliphatic carbocycles. The van der Waals surface area contributed by atoms with Gasteiger partial charge in [-0.1, -0.05) is 37.2 Å². The highest BCUT2D eigenvalue weighted by molar-refractivity contribution is 7.99. The minimum atomic E-state index is -0.0223. The molecule has 0 aliphatic heterocycles. The summed E-state index contributed by atoms with van der Waals surface area (Å²) in [5, 5.41) is 1.26. The molecule has 29 heavy (non-hydrogen) atoms. The van der Waals surface area contributed by atoms with Gasteiger partial charge in [0.1, 0.15) is 0 Å². The molecular weight excluding hydrogens is 382 g/mol. The number of ketones is 1. The van der Waals surface area contributed by atoms with Crippen molar-refractivity contribution in [3.05, 3.63) is 57.6 Å². The Bertz CT molecular complexity index is 1130. The number of fused-ring (bicyclic) bond motifs is 1. The lowest BCUT2D eigenvalue weighted by Gasteiger charge is -2.12. The van der Waals surface area contributed by atoms with E-state index in [1.54, 1.807) is 4.57 Å². The highest BCUT2D eigenvalue weighted by Crippen LogP contribution is 2.38. The van der Waals surface area contributed by atoms with Gasteiger partial charge < -0.3 is 4.57 Å². The zero-order chi connectivity index (χ0) is 20.5. The van der Waals surface area contributed by atoms with Gasteiger partial charge in [-0.25, -0.2) is 4.98 Å². The van der Waals surface area contributed by atoms with Gasteiger partial charge in [-0.05, 0) is 51.3 Å². The fourth-order valence-corrected chi connectivity index (χ4v) is 4.84. The molecule has 0 radical (unpaired) electrons. The van der Waals surface area contributed by atoms with E-state index < -0.39 is 0 Å². The molecule has 0 N–H and O–H groups in total. The Morgan fingerprint density at radius 3 is 2.72 bits per heavy atom. The minimum absolute atomic E-state index is 0.0223. The molecule has 0 atom stereocenters. The molecule has 152 valence electrons. The first kappa shape index (κ1) is 20.0. The molecule has 0 amide bonds. The first-order chi connectivity index (χ1) is 14.0. The van der Waals surface area contributed by atoms with E-state index in [9.17, 15) is 9.59 Å². The molecule has 4 rings (SSSR count). The van der Waals surface area contributed by atoms with Gasteiger partial charge in [0.15, 0.2) is 10.9 Å². The van der Waals surface area contributed by atoms with Crippen molar-refractivity contribution in [3.8, 4) is 0 Å².